The van der Waals surface area contributed by atoms with Crippen LogP contribution in [0.15, 0.2) is 45.7 Å². The lowest BCUT2D eigenvalue weighted by Crippen LogP contribution is -2.26. The number of benzene rings is 1. The lowest BCUT2D eigenvalue weighted by Gasteiger charge is -2.09. The molecule has 1 fully saturated rings. The van der Waals surface area contributed by atoms with Crippen molar-refractivity contribution in [3.63, 3.8) is 0 Å². The lowest BCUT2D eigenvalue weighted by molar-refractivity contribution is 0.247. The van der Waals surface area contributed by atoms with E-state index in [1.165, 1.54) is 0 Å². The Labute approximate surface area is 138 Å². The summed E-state index contributed by atoms with van der Waals surface area (Å²) >= 11 is 6.44. The number of likely N-dealkylation sites (N-methyl/N-ethyl adjacent to an activating group) is 1. The molecule has 1 aromatic heterocycles. The van der Waals surface area contributed by atoms with Crippen LogP contribution in [0.1, 0.15) is 12.7 Å². The quantitative estimate of drug-likeness (QED) is 0.514. The molecule has 22 heavy (non-hydrogen) atoms. The van der Waals surface area contributed by atoms with Gasteiger partial charge in [-0.1, -0.05) is 24.4 Å². The summed E-state index contributed by atoms with van der Waals surface area (Å²) in [5.41, 5.74) is 7.46. The monoisotopic (exact) mass is 330 g/mol. The zero-order chi connectivity index (χ0) is 15.7. The standard InChI is InChI=1S/C16H14N2O2S2/c1-2-18-15(21)14(22-16(18)19)9-10-7-8-13(20-10)11-5-3-4-6-12(11)17/h3-9H,2,17H2,1H3/b14-9-. The molecule has 0 spiro atoms. The van der Waals surface area contributed by atoms with Gasteiger partial charge in [0.2, 0.25) is 0 Å². The number of nitrogen functional groups attached to an aromatic ring is 1. The molecule has 1 aliphatic heterocycles. The van der Waals surface area contributed by atoms with Gasteiger partial charge in [0.1, 0.15) is 16.5 Å². The zero-order valence-electron chi connectivity index (χ0n) is 11.9. The molecule has 0 aliphatic carbocycles. The average Bonchev–Trinajstić information content (AvgIpc) is 3.05. The number of thiocarbonyl (C=S) groups is 1. The third kappa shape index (κ3) is 2.67. The Morgan fingerprint density at radius 1 is 1.32 bits per heavy atom. The predicted octanol–water partition coefficient (Wildman–Crippen LogP) is 4.39. The molecular formula is C16H14N2O2S2. The van der Waals surface area contributed by atoms with Crippen molar-refractivity contribution < 1.29 is 9.21 Å². The first-order chi connectivity index (χ1) is 10.6. The van der Waals surface area contributed by atoms with Crippen LogP contribution in [-0.4, -0.2) is 21.7 Å². The smallest absolute Gasteiger partial charge is 0.291 e. The Bertz CT molecular complexity index is 780. The van der Waals surface area contributed by atoms with Crippen LogP contribution in [0, 0.1) is 0 Å². The molecule has 2 N–H and O–H groups in total. The summed E-state index contributed by atoms with van der Waals surface area (Å²) in [7, 11) is 0. The van der Waals surface area contributed by atoms with Crippen LogP contribution in [0.5, 0.6) is 0 Å². The fourth-order valence-corrected chi connectivity index (χ4v) is 3.54. The second-order valence-corrected chi connectivity index (χ2v) is 6.10. The maximum Gasteiger partial charge on any atom is 0.291 e. The number of nitrogens with two attached hydrogens (primary N) is 1. The molecule has 4 nitrogen and oxygen atoms in total. The Hall–Kier alpha value is -2.05. The molecule has 1 amide bonds. The van der Waals surface area contributed by atoms with Crippen molar-refractivity contribution in [2.24, 2.45) is 0 Å². The van der Waals surface area contributed by atoms with Crippen molar-refractivity contribution in [2.75, 3.05) is 12.3 Å². The molecule has 3 rings (SSSR count). The Morgan fingerprint density at radius 3 is 2.77 bits per heavy atom. The van der Waals surface area contributed by atoms with Crippen molar-refractivity contribution in [1.82, 2.24) is 4.90 Å². The van der Waals surface area contributed by atoms with E-state index in [2.05, 4.69) is 0 Å². The first kappa shape index (κ1) is 14.9. The minimum atomic E-state index is -0.0437. The molecule has 2 aromatic rings. The van der Waals surface area contributed by atoms with E-state index in [1.54, 1.807) is 11.0 Å². The van der Waals surface area contributed by atoms with Crippen LogP contribution >= 0.6 is 24.0 Å². The summed E-state index contributed by atoms with van der Waals surface area (Å²) in [6.07, 6.45) is 1.79. The van der Waals surface area contributed by atoms with Gasteiger partial charge in [-0.3, -0.25) is 9.69 Å². The van der Waals surface area contributed by atoms with Crippen LogP contribution in [0.4, 0.5) is 10.5 Å². The maximum atomic E-state index is 11.8. The summed E-state index contributed by atoms with van der Waals surface area (Å²) < 4.78 is 5.81. The van der Waals surface area contributed by atoms with Crippen LogP contribution in [0.2, 0.25) is 0 Å². The van der Waals surface area contributed by atoms with Gasteiger partial charge in [0.25, 0.3) is 5.24 Å². The minimum Gasteiger partial charge on any atom is -0.457 e. The number of hydrogen-bond donors (Lipinski definition) is 1. The average molecular weight is 330 g/mol. The van der Waals surface area contributed by atoms with E-state index in [0.717, 1.165) is 22.2 Å². The number of nitrogens with zero attached hydrogens (tertiary/aromatic N) is 1. The number of carbonyl (C=O) groups is 1. The topological polar surface area (TPSA) is 59.5 Å². The predicted molar refractivity (Wildman–Crippen MR) is 94.5 cm³/mol. The number of rotatable bonds is 3. The van der Waals surface area contributed by atoms with Gasteiger partial charge in [-0.25, -0.2) is 0 Å². The van der Waals surface area contributed by atoms with E-state index in [4.69, 9.17) is 22.4 Å². The van der Waals surface area contributed by atoms with Crippen molar-refractivity contribution >= 4 is 46.0 Å². The van der Waals surface area contributed by atoms with Crippen molar-refractivity contribution in [2.45, 2.75) is 6.92 Å². The summed E-state index contributed by atoms with van der Waals surface area (Å²) in [6.45, 7) is 2.48. The fourth-order valence-electron chi connectivity index (χ4n) is 2.20. The van der Waals surface area contributed by atoms with Crippen molar-refractivity contribution in [1.29, 1.82) is 0 Å². The normalized spacial score (nSPS) is 16.8. The van der Waals surface area contributed by atoms with E-state index in [1.807, 2.05) is 43.3 Å². The largest absolute Gasteiger partial charge is 0.457 e. The number of thioether (sulfide) groups is 1. The van der Waals surface area contributed by atoms with E-state index in [0.29, 0.717) is 28.7 Å². The SMILES string of the molecule is CCN1C(=O)S/C(=C\c2ccc(-c3ccccc3N)o2)C1=S. The summed E-state index contributed by atoms with van der Waals surface area (Å²) in [5, 5.41) is -0.0437. The number of anilines is 1. The summed E-state index contributed by atoms with van der Waals surface area (Å²) in [5.74, 6) is 1.34. The molecule has 1 saturated heterocycles. The number of amides is 1. The highest BCUT2D eigenvalue weighted by molar-refractivity contribution is 8.19. The zero-order valence-corrected chi connectivity index (χ0v) is 13.5. The van der Waals surface area contributed by atoms with Crippen LogP contribution in [0.25, 0.3) is 17.4 Å². The molecule has 6 heteroatoms. The maximum absolute atomic E-state index is 11.8. The fraction of sp³-hybridized carbons (Fsp3) is 0.125. The molecule has 0 radical (unpaired) electrons. The third-order valence-electron chi connectivity index (χ3n) is 3.32. The minimum absolute atomic E-state index is 0.0437. The van der Waals surface area contributed by atoms with Gasteiger partial charge in [-0.05, 0) is 49.0 Å². The molecule has 0 saturated carbocycles. The number of carbonyl (C=O) groups excluding carboxylic acids is 1. The van der Waals surface area contributed by atoms with Crippen LogP contribution < -0.4 is 5.73 Å². The molecule has 0 atom stereocenters. The molecule has 1 aliphatic rings. The highest BCUT2D eigenvalue weighted by atomic mass is 32.2. The third-order valence-corrected chi connectivity index (χ3v) is 4.81. The number of para-hydroxylation sites is 1. The molecule has 112 valence electrons. The summed E-state index contributed by atoms with van der Waals surface area (Å²) in [4.78, 5) is 14.7. The van der Waals surface area contributed by atoms with Crippen molar-refractivity contribution in [3.8, 4) is 11.3 Å². The molecule has 0 unspecified atom stereocenters. The van der Waals surface area contributed by atoms with E-state index in [-0.39, 0.29) is 5.24 Å². The van der Waals surface area contributed by atoms with Gasteiger partial charge in [0.05, 0.1) is 4.91 Å². The Balaban J connectivity index is 1.90. The molecule has 0 bridgehead atoms. The highest BCUT2D eigenvalue weighted by Crippen LogP contribution is 2.34. The summed E-state index contributed by atoms with van der Waals surface area (Å²) in [6, 6.07) is 11.2. The van der Waals surface area contributed by atoms with Gasteiger partial charge in [-0.15, -0.1) is 0 Å². The van der Waals surface area contributed by atoms with Gasteiger partial charge >= 0.3 is 0 Å². The van der Waals surface area contributed by atoms with Crippen molar-refractivity contribution in [3.05, 3.63) is 47.1 Å². The molecule has 2 heterocycles. The van der Waals surface area contributed by atoms with E-state index >= 15 is 0 Å². The first-order valence-electron chi connectivity index (χ1n) is 6.80. The van der Waals surface area contributed by atoms with Gasteiger partial charge in [0, 0.05) is 17.8 Å². The highest BCUT2D eigenvalue weighted by Gasteiger charge is 2.30. The van der Waals surface area contributed by atoms with Crippen LogP contribution in [-0.2, 0) is 0 Å². The van der Waals surface area contributed by atoms with Gasteiger partial charge < -0.3 is 10.2 Å². The lowest BCUT2D eigenvalue weighted by atomic mass is 10.1. The second kappa shape index (κ2) is 5.98. The number of furan rings is 1. The Kier molecular flexibility index (Phi) is 4.04. The van der Waals surface area contributed by atoms with Gasteiger partial charge in [-0.2, -0.15) is 0 Å². The Morgan fingerprint density at radius 2 is 2.09 bits per heavy atom. The van der Waals surface area contributed by atoms with Crippen LogP contribution in [0.3, 0.4) is 0 Å². The molecular weight excluding hydrogens is 316 g/mol. The first-order valence-corrected chi connectivity index (χ1v) is 8.02. The van der Waals surface area contributed by atoms with Gasteiger partial charge in [0.15, 0.2) is 0 Å². The second-order valence-electron chi connectivity index (χ2n) is 4.72. The molecule has 1 aromatic carbocycles. The van der Waals surface area contributed by atoms with E-state index in [9.17, 15) is 4.79 Å². The van der Waals surface area contributed by atoms with E-state index < -0.39 is 0 Å². The number of hydrogen-bond acceptors (Lipinski definition) is 5.